The van der Waals surface area contributed by atoms with Gasteiger partial charge in [0.25, 0.3) is 0 Å². The number of halogens is 1. The number of sulfonamides is 1. The number of anilines is 1. The Morgan fingerprint density at radius 3 is 2.68 bits per heavy atom. The highest BCUT2D eigenvalue weighted by Gasteiger charge is 2.08. The molecule has 0 aliphatic rings. The largest absolute Gasteiger partial charge is 0.360 e. The molecule has 0 atom stereocenters. The lowest BCUT2D eigenvalue weighted by atomic mass is 10.1. The van der Waals surface area contributed by atoms with E-state index in [1.165, 1.54) is 23.5 Å². The van der Waals surface area contributed by atoms with Crippen LogP contribution in [0.3, 0.4) is 0 Å². The molecular formula is C12H12BrN5O2S2. The van der Waals surface area contributed by atoms with Gasteiger partial charge in [-0.1, -0.05) is 23.5 Å². The van der Waals surface area contributed by atoms with Crippen molar-refractivity contribution in [3.05, 3.63) is 40.6 Å². The van der Waals surface area contributed by atoms with Crippen LogP contribution in [0, 0.1) is 0 Å². The standard InChI is InChI=1S/C12H12BrN5O2S2/c13-10-7-16-12-18(10)17-11(21-12)15-6-5-8-1-3-9(4-2-8)22(14,19)20/h1-4,7H,5-6H2,(H,15,17)(H2,14,19,20). The predicted molar refractivity (Wildman–Crippen MR) is 88.6 cm³/mol. The minimum Gasteiger partial charge on any atom is -0.360 e. The molecule has 0 aliphatic carbocycles. The van der Waals surface area contributed by atoms with Crippen LogP contribution in [0.1, 0.15) is 5.56 Å². The lowest BCUT2D eigenvalue weighted by Gasteiger charge is -2.04. The topological polar surface area (TPSA) is 102 Å². The molecule has 0 saturated heterocycles. The Balaban J connectivity index is 1.60. The molecule has 0 bridgehead atoms. The molecule has 2 heterocycles. The molecule has 3 rings (SSSR count). The number of nitrogens with zero attached hydrogens (tertiary/aromatic N) is 3. The van der Waals surface area contributed by atoms with Crippen LogP contribution in [0.5, 0.6) is 0 Å². The quantitative estimate of drug-likeness (QED) is 0.678. The fraction of sp³-hybridized carbons (Fsp3) is 0.167. The number of hydrogen-bond acceptors (Lipinski definition) is 6. The molecule has 10 heteroatoms. The third kappa shape index (κ3) is 3.29. The van der Waals surface area contributed by atoms with Gasteiger partial charge in [-0.2, -0.15) is 4.52 Å². The molecule has 0 radical (unpaired) electrons. The zero-order chi connectivity index (χ0) is 15.7. The summed E-state index contributed by atoms with van der Waals surface area (Å²) in [5, 5.41) is 13.4. The fourth-order valence-electron chi connectivity index (χ4n) is 1.90. The minimum absolute atomic E-state index is 0.121. The maximum absolute atomic E-state index is 11.2. The molecule has 1 aromatic carbocycles. The van der Waals surface area contributed by atoms with E-state index in [-0.39, 0.29) is 4.90 Å². The van der Waals surface area contributed by atoms with Gasteiger partial charge in [0.15, 0.2) is 0 Å². The Hall–Kier alpha value is -1.49. The van der Waals surface area contributed by atoms with Crippen LogP contribution >= 0.6 is 27.3 Å². The van der Waals surface area contributed by atoms with Crippen LogP contribution in [0.15, 0.2) is 40.0 Å². The monoisotopic (exact) mass is 401 g/mol. The van der Waals surface area contributed by atoms with Crippen molar-refractivity contribution in [1.82, 2.24) is 14.6 Å². The van der Waals surface area contributed by atoms with E-state index < -0.39 is 10.0 Å². The number of benzene rings is 1. The highest BCUT2D eigenvalue weighted by Crippen LogP contribution is 2.22. The summed E-state index contributed by atoms with van der Waals surface area (Å²) in [5.41, 5.74) is 1.02. The van der Waals surface area contributed by atoms with E-state index in [0.29, 0.717) is 6.54 Å². The van der Waals surface area contributed by atoms with Gasteiger partial charge < -0.3 is 5.32 Å². The molecule has 2 aromatic heterocycles. The Morgan fingerprint density at radius 2 is 2.05 bits per heavy atom. The Bertz CT molecular complexity index is 901. The van der Waals surface area contributed by atoms with Gasteiger partial charge in [0.05, 0.1) is 11.1 Å². The number of primary sulfonamides is 1. The van der Waals surface area contributed by atoms with E-state index in [4.69, 9.17) is 5.14 Å². The van der Waals surface area contributed by atoms with Gasteiger partial charge in [0.1, 0.15) is 4.60 Å². The molecule has 0 saturated carbocycles. The first-order chi connectivity index (χ1) is 10.4. The summed E-state index contributed by atoms with van der Waals surface area (Å²) in [4.78, 5) is 5.13. The van der Waals surface area contributed by atoms with Gasteiger partial charge in [0.2, 0.25) is 20.1 Å². The summed E-state index contributed by atoms with van der Waals surface area (Å²) >= 11 is 4.83. The lowest BCUT2D eigenvalue weighted by Crippen LogP contribution is -2.12. The smallest absolute Gasteiger partial charge is 0.238 e. The Morgan fingerprint density at radius 1 is 1.32 bits per heavy atom. The molecule has 0 amide bonds. The number of aromatic nitrogens is 3. The van der Waals surface area contributed by atoms with Crippen molar-refractivity contribution in [3.8, 4) is 0 Å². The molecule has 0 aliphatic heterocycles. The Labute approximate surface area is 139 Å². The molecule has 7 nitrogen and oxygen atoms in total. The maximum atomic E-state index is 11.2. The number of hydrogen-bond donors (Lipinski definition) is 2. The zero-order valence-electron chi connectivity index (χ0n) is 11.2. The number of fused-ring (bicyclic) bond motifs is 1. The van der Waals surface area contributed by atoms with Crippen LogP contribution in [0.2, 0.25) is 0 Å². The zero-order valence-corrected chi connectivity index (χ0v) is 14.4. The van der Waals surface area contributed by atoms with Crippen molar-refractivity contribution in [3.63, 3.8) is 0 Å². The van der Waals surface area contributed by atoms with Crippen molar-refractivity contribution in [2.45, 2.75) is 11.3 Å². The summed E-state index contributed by atoms with van der Waals surface area (Å²) < 4.78 is 24.9. The second-order valence-corrected chi connectivity index (χ2v) is 7.88. The molecule has 0 spiro atoms. The van der Waals surface area contributed by atoms with Gasteiger partial charge in [-0.15, -0.1) is 5.10 Å². The molecular weight excluding hydrogens is 390 g/mol. The first-order valence-electron chi connectivity index (χ1n) is 6.29. The number of rotatable bonds is 5. The van der Waals surface area contributed by atoms with Crippen LogP contribution < -0.4 is 10.5 Å². The van der Waals surface area contributed by atoms with Gasteiger partial charge in [-0.25, -0.2) is 18.5 Å². The summed E-state index contributed by atoms with van der Waals surface area (Å²) in [6.07, 6.45) is 2.45. The third-order valence-corrected chi connectivity index (χ3v) is 5.34. The fourth-order valence-corrected chi connectivity index (χ4v) is 3.68. The third-order valence-electron chi connectivity index (χ3n) is 2.99. The maximum Gasteiger partial charge on any atom is 0.238 e. The number of nitrogens with one attached hydrogen (secondary N) is 1. The minimum atomic E-state index is -3.63. The first kappa shape index (κ1) is 15.4. The Kier molecular flexibility index (Phi) is 4.17. The SMILES string of the molecule is NS(=O)(=O)c1ccc(CCNc2nn3c(Br)cnc3s2)cc1. The van der Waals surface area contributed by atoms with E-state index in [9.17, 15) is 8.42 Å². The number of imidazole rings is 1. The average molecular weight is 402 g/mol. The predicted octanol–water partition coefficient (Wildman–Crippen LogP) is 1.86. The van der Waals surface area contributed by atoms with Crippen LogP contribution in [0.4, 0.5) is 5.13 Å². The second-order valence-electron chi connectivity index (χ2n) is 4.55. The first-order valence-corrected chi connectivity index (χ1v) is 9.45. The van der Waals surface area contributed by atoms with E-state index in [2.05, 4.69) is 31.3 Å². The molecule has 3 aromatic rings. The van der Waals surface area contributed by atoms with Crippen molar-refractivity contribution in [2.75, 3.05) is 11.9 Å². The molecule has 3 N–H and O–H groups in total. The van der Waals surface area contributed by atoms with Gasteiger partial charge in [-0.3, -0.25) is 0 Å². The van der Waals surface area contributed by atoms with Crippen LogP contribution in [-0.2, 0) is 16.4 Å². The normalized spacial score (nSPS) is 11.9. The molecule has 116 valence electrons. The van der Waals surface area contributed by atoms with Gasteiger partial charge in [0, 0.05) is 6.54 Å². The summed E-state index contributed by atoms with van der Waals surface area (Å²) in [6, 6.07) is 6.54. The van der Waals surface area contributed by atoms with Gasteiger partial charge in [-0.05, 0) is 40.0 Å². The highest BCUT2D eigenvalue weighted by molar-refractivity contribution is 9.10. The summed E-state index contributed by atoms with van der Waals surface area (Å²) in [7, 11) is -3.63. The lowest BCUT2D eigenvalue weighted by molar-refractivity contribution is 0.598. The van der Waals surface area contributed by atoms with Gasteiger partial charge >= 0.3 is 0 Å². The van der Waals surface area contributed by atoms with Crippen molar-refractivity contribution in [2.24, 2.45) is 5.14 Å². The summed E-state index contributed by atoms with van der Waals surface area (Å²) in [6.45, 7) is 0.684. The highest BCUT2D eigenvalue weighted by atomic mass is 79.9. The average Bonchev–Trinajstić information content (AvgIpc) is 3.01. The van der Waals surface area contributed by atoms with E-state index >= 15 is 0 Å². The molecule has 0 unspecified atom stereocenters. The number of nitrogens with two attached hydrogens (primary N) is 1. The van der Waals surface area contributed by atoms with Crippen molar-refractivity contribution in [1.29, 1.82) is 0 Å². The van der Waals surface area contributed by atoms with E-state index in [1.54, 1.807) is 22.8 Å². The summed E-state index contributed by atoms with van der Waals surface area (Å²) in [5.74, 6) is 0. The van der Waals surface area contributed by atoms with E-state index in [1.807, 2.05) is 0 Å². The van der Waals surface area contributed by atoms with E-state index in [0.717, 1.165) is 26.7 Å². The molecule has 22 heavy (non-hydrogen) atoms. The van der Waals surface area contributed by atoms with Crippen LogP contribution in [-0.4, -0.2) is 29.6 Å². The van der Waals surface area contributed by atoms with Crippen molar-refractivity contribution < 1.29 is 8.42 Å². The second kappa shape index (κ2) is 5.95. The van der Waals surface area contributed by atoms with Crippen molar-refractivity contribution >= 4 is 47.4 Å². The molecule has 0 fully saturated rings. The van der Waals surface area contributed by atoms with Crippen LogP contribution in [0.25, 0.3) is 4.96 Å².